The summed E-state index contributed by atoms with van der Waals surface area (Å²) in [5, 5.41) is 0. The normalized spacial score (nSPS) is 25.6. The van der Waals surface area contributed by atoms with Gasteiger partial charge < -0.3 is 9.80 Å². The van der Waals surface area contributed by atoms with Crippen LogP contribution in [0, 0.1) is 5.41 Å². The molecular formula is C13H24N2O. The van der Waals surface area contributed by atoms with Crippen molar-refractivity contribution in [1.29, 1.82) is 0 Å². The van der Waals surface area contributed by atoms with Gasteiger partial charge >= 0.3 is 0 Å². The lowest BCUT2D eigenvalue weighted by Crippen LogP contribution is -2.43. The van der Waals surface area contributed by atoms with Crippen LogP contribution >= 0.6 is 0 Å². The standard InChI is InChI=1S/C13H24N2O/c1-11(2)15-9-6-13(10-15)4-7-14(8-5-13)12(3)16/h11H,4-10H2,1-3H3. The molecule has 0 atom stereocenters. The first kappa shape index (κ1) is 11.9. The van der Waals surface area contributed by atoms with Crippen LogP contribution in [0.5, 0.6) is 0 Å². The molecule has 0 aromatic heterocycles. The maximum Gasteiger partial charge on any atom is 0.219 e. The van der Waals surface area contributed by atoms with E-state index in [1.807, 2.05) is 4.90 Å². The van der Waals surface area contributed by atoms with E-state index < -0.39 is 0 Å². The largest absolute Gasteiger partial charge is 0.343 e. The fourth-order valence-electron chi connectivity index (χ4n) is 3.11. The predicted molar refractivity (Wildman–Crippen MR) is 65.2 cm³/mol. The molecule has 3 heteroatoms. The number of piperidine rings is 1. The maximum absolute atomic E-state index is 11.3. The van der Waals surface area contributed by atoms with Crippen LogP contribution in [0.2, 0.25) is 0 Å². The van der Waals surface area contributed by atoms with Crippen LogP contribution in [0.4, 0.5) is 0 Å². The molecule has 0 radical (unpaired) electrons. The Bertz CT molecular complexity index is 267. The number of carbonyl (C=O) groups is 1. The minimum absolute atomic E-state index is 0.244. The first-order valence-corrected chi connectivity index (χ1v) is 6.52. The molecule has 2 aliphatic rings. The molecule has 3 nitrogen and oxygen atoms in total. The molecule has 2 heterocycles. The lowest BCUT2D eigenvalue weighted by Gasteiger charge is -2.39. The number of hydrogen-bond acceptors (Lipinski definition) is 2. The summed E-state index contributed by atoms with van der Waals surface area (Å²) in [7, 11) is 0. The fourth-order valence-corrected chi connectivity index (χ4v) is 3.11. The van der Waals surface area contributed by atoms with Gasteiger partial charge in [0.15, 0.2) is 0 Å². The van der Waals surface area contributed by atoms with Gasteiger partial charge in [0.05, 0.1) is 0 Å². The molecule has 0 aliphatic carbocycles. The van der Waals surface area contributed by atoms with Gasteiger partial charge in [-0.1, -0.05) is 0 Å². The van der Waals surface area contributed by atoms with Gasteiger partial charge in [0.1, 0.15) is 0 Å². The van der Waals surface area contributed by atoms with Crippen LogP contribution in [-0.2, 0) is 4.79 Å². The van der Waals surface area contributed by atoms with E-state index in [9.17, 15) is 4.79 Å². The highest BCUT2D eigenvalue weighted by Gasteiger charge is 2.41. The first-order chi connectivity index (χ1) is 7.52. The van der Waals surface area contributed by atoms with Gasteiger partial charge in [-0.15, -0.1) is 0 Å². The van der Waals surface area contributed by atoms with E-state index in [-0.39, 0.29) is 5.91 Å². The summed E-state index contributed by atoms with van der Waals surface area (Å²) >= 11 is 0. The summed E-state index contributed by atoms with van der Waals surface area (Å²) in [4.78, 5) is 15.9. The minimum atomic E-state index is 0.244. The smallest absolute Gasteiger partial charge is 0.219 e. The molecule has 1 spiro atoms. The second-order valence-electron chi connectivity index (χ2n) is 5.82. The van der Waals surface area contributed by atoms with Crippen LogP contribution in [0.3, 0.4) is 0 Å². The Morgan fingerprint density at radius 3 is 2.12 bits per heavy atom. The molecule has 2 rings (SSSR count). The molecule has 2 saturated heterocycles. The topological polar surface area (TPSA) is 23.6 Å². The molecule has 0 aromatic carbocycles. The van der Waals surface area contributed by atoms with Crippen molar-refractivity contribution in [2.24, 2.45) is 5.41 Å². The SMILES string of the molecule is CC(=O)N1CCC2(CC1)CCN(C(C)C)C2. The molecule has 1 amide bonds. The van der Waals surface area contributed by atoms with E-state index >= 15 is 0 Å². The van der Waals surface area contributed by atoms with Crippen molar-refractivity contribution in [2.75, 3.05) is 26.2 Å². The van der Waals surface area contributed by atoms with E-state index in [1.165, 1.54) is 32.4 Å². The third kappa shape index (κ3) is 2.24. The van der Waals surface area contributed by atoms with Crippen molar-refractivity contribution in [1.82, 2.24) is 9.80 Å². The number of rotatable bonds is 1. The Kier molecular flexibility index (Phi) is 3.24. The summed E-state index contributed by atoms with van der Waals surface area (Å²) in [6.07, 6.45) is 3.74. The van der Waals surface area contributed by atoms with Crippen LogP contribution in [0.1, 0.15) is 40.0 Å². The highest BCUT2D eigenvalue weighted by Crippen LogP contribution is 2.40. The van der Waals surface area contributed by atoms with Crippen LogP contribution < -0.4 is 0 Å². The highest BCUT2D eigenvalue weighted by atomic mass is 16.2. The van der Waals surface area contributed by atoms with Crippen molar-refractivity contribution < 1.29 is 4.79 Å². The van der Waals surface area contributed by atoms with E-state index in [0.29, 0.717) is 11.5 Å². The number of carbonyl (C=O) groups excluding carboxylic acids is 1. The highest BCUT2D eigenvalue weighted by molar-refractivity contribution is 5.73. The second-order valence-corrected chi connectivity index (χ2v) is 5.82. The van der Waals surface area contributed by atoms with Gasteiger partial charge in [-0.2, -0.15) is 0 Å². The zero-order valence-corrected chi connectivity index (χ0v) is 10.8. The van der Waals surface area contributed by atoms with E-state index in [0.717, 1.165) is 13.1 Å². The Morgan fingerprint density at radius 2 is 1.69 bits per heavy atom. The van der Waals surface area contributed by atoms with Crippen molar-refractivity contribution in [3.63, 3.8) is 0 Å². The van der Waals surface area contributed by atoms with E-state index in [1.54, 1.807) is 6.92 Å². The molecular weight excluding hydrogens is 200 g/mol. The van der Waals surface area contributed by atoms with Gasteiger partial charge in [-0.25, -0.2) is 0 Å². The number of amides is 1. The molecule has 16 heavy (non-hydrogen) atoms. The molecule has 0 N–H and O–H groups in total. The van der Waals surface area contributed by atoms with Gasteiger partial charge in [-0.05, 0) is 45.1 Å². The minimum Gasteiger partial charge on any atom is -0.343 e. The summed E-state index contributed by atoms with van der Waals surface area (Å²) in [6.45, 7) is 10.7. The van der Waals surface area contributed by atoms with Gasteiger partial charge in [0.2, 0.25) is 5.91 Å². The molecule has 0 unspecified atom stereocenters. The zero-order chi connectivity index (χ0) is 11.8. The third-order valence-corrected chi connectivity index (χ3v) is 4.47. The zero-order valence-electron chi connectivity index (χ0n) is 10.8. The molecule has 92 valence electrons. The van der Waals surface area contributed by atoms with Crippen molar-refractivity contribution in [3.05, 3.63) is 0 Å². The van der Waals surface area contributed by atoms with Gasteiger partial charge in [0.25, 0.3) is 0 Å². The van der Waals surface area contributed by atoms with Crippen LogP contribution in [0.15, 0.2) is 0 Å². The summed E-state index contributed by atoms with van der Waals surface area (Å²) in [6, 6.07) is 0.671. The number of hydrogen-bond donors (Lipinski definition) is 0. The average Bonchev–Trinajstić information content (AvgIpc) is 2.63. The van der Waals surface area contributed by atoms with Crippen LogP contribution in [-0.4, -0.2) is 47.9 Å². The number of likely N-dealkylation sites (tertiary alicyclic amines) is 2. The van der Waals surface area contributed by atoms with Gasteiger partial charge in [-0.3, -0.25) is 4.79 Å². The molecule has 0 aromatic rings. The van der Waals surface area contributed by atoms with E-state index in [2.05, 4.69) is 18.7 Å². The molecule has 2 aliphatic heterocycles. The third-order valence-electron chi connectivity index (χ3n) is 4.47. The molecule has 2 fully saturated rings. The van der Waals surface area contributed by atoms with Crippen molar-refractivity contribution >= 4 is 5.91 Å². The lowest BCUT2D eigenvalue weighted by molar-refractivity contribution is -0.131. The fraction of sp³-hybridized carbons (Fsp3) is 0.923. The lowest BCUT2D eigenvalue weighted by atomic mass is 9.78. The Hall–Kier alpha value is -0.570. The first-order valence-electron chi connectivity index (χ1n) is 6.52. The number of nitrogens with zero attached hydrogens (tertiary/aromatic N) is 2. The van der Waals surface area contributed by atoms with Crippen molar-refractivity contribution in [3.8, 4) is 0 Å². The van der Waals surface area contributed by atoms with Gasteiger partial charge in [0, 0.05) is 32.6 Å². The average molecular weight is 224 g/mol. The molecule has 0 saturated carbocycles. The van der Waals surface area contributed by atoms with Crippen LogP contribution in [0.25, 0.3) is 0 Å². The quantitative estimate of drug-likeness (QED) is 0.677. The maximum atomic E-state index is 11.3. The summed E-state index contributed by atoms with van der Waals surface area (Å²) < 4.78 is 0. The monoisotopic (exact) mass is 224 g/mol. The Labute approximate surface area is 98.8 Å². The molecule has 0 bridgehead atoms. The Balaban J connectivity index is 1.91. The second kappa shape index (κ2) is 4.36. The summed E-state index contributed by atoms with van der Waals surface area (Å²) in [5.74, 6) is 0.244. The van der Waals surface area contributed by atoms with Crippen molar-refractivity contribution in [2.45, 2.75) is 46.1 Å². The van der Waals surface area contributed by atoms with E-state index in [4.69, 9.17) is 0 Å². The predicted octanol–water partition coefficient (Wildman–Crippen LogP) is 1.73. The Morgan fingerprint density at radius 1 is 1.12 bits per heavy atom. The summed E-state index contributed by atoms with van der Waals surface area (Å²) in [5.41, 5.74) is 0.524.